The quantitative estimate of drug-likeness (QED) is 0.691. The van der Waals surface area contributed by atoms with Crippen LogP contribution in [-0.4, -0.2) is 88.5 Å². The number of ether oxygens (including phenoxy) is 3. The minimum atomic E-state index is -3.64. The molecule has 0 saturated carbocycles. The molecule has 0 radical (unpaired) electrons. The van der Waals surface area contributed by atoms with Gasteiger partial charge in [0.1, 0.15) is 0 Å². The van der Waals surface area contributed by atoms with Gasteiger partial charge in [0, 0.05) is 18.8 Å². The van der Waals surface area contributed by atoms with Crippen molar-refractivity contribution in [3.63, 3.8) is 0 Å². The van der Waals surface area contributed by atoms with Crippen LogP contribution >= 0.6 is 0 Å². The minimum Gasteiger partial charge on any atom is -0.379 e. The van der Waals surface area contributed by atoms with Crippen LogP contribution < -0.4 is 5.32 Å². The number of sulfonamides is 1. The average Bonchev–Trinajstić information content (AvgIpc) is 3.31. The van der Waals surface area contributed by atoms with E-state index in [0.717, 1.165) is 25.8 Å². The second kappa shape index (κ2) is 9.93. The van der Waals surface area contributed by atoms with Gasteiger partial charge in [-0.15, -0.1) is 0 Å². The molecule has 0 bridgehead atoms. The van der Waals surface area contributed by atoms with Gasteiger partial charge in [0.15, 0.2) is 6.29 Å². The topological polar surface area (TPSA) is 97.4 Å². The van der Waals surface area contributed by atoms with Crippen molar-refractivity contribution < 1.29 is 27.4 Å². The highest BCUT2D eigenvalue weighted by molar-refractivity contribution is 7.89. The molecule has 0 spiro atoms. The predicted octanol–water partition coefficient (Wildman–Crippen LogP) is 1.18. The van der Waals surface area contributed by atoms with E-state index in [-0.39, 0.29) is 29.7 Å². The number of aryl methyl sites for hydroxylation is 1. The molecule has 3 saturated heterocycles. The molecule has 3 fully saturated rings. The molecule has 31 heavy (non-hydrogen) atoms. The minimum absolute atomic E-state index is 0.0669. The Morgan fingerprint density at radius 3 is 2.58 bits per heavy atom. The molecule has 10 heteroatoms. The molecule has 1 unspecified atom stereocenters. The van der Waals surface area contributed by atoms with Crippen LogP contribution in [0.4, 0.5) is 5.69 Å². The number of piperidine rings is 1. The van der Waals surface area contributed by atoms with E-state index in [2.05, 4.69) is 10.2 Å². The highest BCUT2D eigenvalue weighted by Crippen LogP contribution is 2.26. The van der Waals surface area contributed by atoms with E-state index in [0.29, 0.717) is 50.8 Å². The van der Waals surface area contributed by atoms with Crippen molar-refractivity contribution in [1.29, 1.82) is 0 Å². The summed E-state index contributed by atoms with van der Waals surface area (Å²) in [5.41, 5.74) is 1.13. The van der Waals surface area contributed by atoms with Crippen LogP contribution in [0.1, 0.15) is 24.8 Å². The number of amides is 1. The Kier molecular flexibility index (Phi) is 7.25. The zero-order valence-electron chi connectivity index (χ0n) is 17.9. The van der Waals surface area contributed by atoms with E-state index >= 15 is 0 Å². The number of carbonyl (C=O) groups excluding carboxylic acids is 1. The number of hydrogen-bond acceptors (Lipinski definition) is 7. The van der Waals surface area contributed by atoms with Gasteiger partial charge in [-0.1, -0.05) is 12.5 Å². The van der Waals surface area contributed by atoms with Gasteiger partial charge in [-0.2, -0.15) is 4.31 Å². The summed E-state index contributed by atoms with van der Waals surface area (Å²) in [7, 11) is -3.64. The molecular weight excluding hydrogens is 422 g/mol. The maximum Gasteiger partial charge on any atom is 0.243 e. The zero-order chi connectivity index (χ0) is 21.8. The first kappa shape index (κ1) is 22.6. The Bertz CT molecular complexity index is 881. The van der Waals surface area contributed by atoms with Crippen LogP contribution in [0.15, 0.2) is 23.1 Å². The van der Waals surface area contributed by atoms with E-state index in [1.54, 1.807) is 25.1 Å². The van der Waals surface area contributed by atoms with Crippen molar-refractivity contribution in [2.75, 3.05) is 57.9 Å². The standard InChI is InChI=1S/C21H31N3O6S/c1-16-5-6-17(14-19(16)31(26,27)24-8-10-28-11-9-24)22-20(25)15-23-7-3-2-4-18(23)21-29-12-13-30-21/h5-6,14,18,21H,2-4,7-13,15H2,1H3,(H,22,25). The number of carbonyl (C=O) groups is 1. The van der Waals surface area contributed by atoms with Crippen LogP contribution in [-0.2, 0) is 29.0 Å². The third-order valence-electron chi connectivity index (χ3n) is 6.03. The average molecular weight is 454 g/mol. The summed E-state index contributed by atoms with van der Waals surface area (Å²) < 4.78 is 44.2. The Balaban J connectivity index is 1.44. The largest absolute Gasteiger partial charge is 0.379 e. The Labute approximate surface area is 183 Å². The second-order valence-electron chi connectivity index (χ2n) is 8.19. The zero-order valence-corrected chi connectivity index (χ0v) is 18.7. The van der Waals surface area contributed by atoms with Crippen molar-refractivity contribution in [3.8, 4) is 0 Å². The van der Waals surface area contributed by atoms with Gasteiger partial charge < -0.3 is 19.5 Å². The van der Waals surface area contributed by atoms with E-state index < -0.39 is 10.0 Å². The molecule has 172 valence electrons. The maximum absolute atomic E-state index is 13.1. The summed E-state index contributed by atoms with van der Waals surface area (Å²) in [6.45, 7) is 5.41. The van der Waals surface area contributed by atoms with Gasteiger partial charge >= 0.3 is 0 Å². The SMILES string of the molecule is Cc1ccc(NC(=O)CN2CCCCC2C2OCCO2)cc1S(=O)(=O)N1CCOCC1. The van der Waals surface area contributed by atoms with Gasteiger partial charge in [-0.25, -0.2) is 8.42 Å². The maximum atomic E-state index is 13.1. The Morgan fingerprint density at radius 2 is 1.84 bits per heavy atom. The lowest BCUT2D eigenvalue weighted by Crippen LogP contribution is -2.50. The van der Waals surface area contributed by atoms with Gasteiger partial charge in [0.05, 0.1) is 43.9 Å². The van der Waals surface area contributed by atoms with E-state index in [9.17, 15) is 13.2 Å². The lowest BCUT2D eigenvalue weighted by atomic mass is 10.0. The van der Waals surface area contributed by atoms with Crippen LogP contribution in [0.5, 0.6) is 0 Å². The lowest BCUT2D eigenvalue weighted by molar-refractivity contribution is -0.127. The van der Waals surface area contributed by atoms with Crippen molar-refractivity contribution in [3.05, 3.63) is 23.8 Å². The first-order valence-electron chi connectivity index (χ1n) is 10.9. The van der Waals surface area contributed by atoms with Gasteiger partial charge in [-0.3, -0.25) is 9.69 Å². The summed E-state index contributed by atoms with van der Waals surface area (Å²) in [6, 6.07) is 5.08. The van der Waals surface area contributed by atoms with E-state index in [4.69, 9.17) is 14.2 Å². The summed E-state index contributed by atoms with van der Waals surface area (Å²) in [4.78, 5) is 15.1. The number of hydrogen-bond donors (Lipinski definition) is 1. The van der Waals surface area contributed by atoms with E-state index in [1.165, 1.54) is 4.31 Å². The highest BCUT2D eigenvalue weighted by Gasteiger charge is 2.34. The first-order valence-corrected chi connectivity index (χ1v) is 12.3. The molecule has 1 amide bonds. The summed E-state index contributed by atoms with van der Waals surface area (Å²) >= 11 is 0. The number of benzene rings is 1. The molecule has 0 aromatic heterocycles. The van der Waals surface area contributed by atoms with E-state index in [1.807, 2.05) is 0 Å². The van der Waals surface area contributed by atoms with Crippen molar-refractivity contribution >= 4 is 21.6 Å². The molecule has 3 aliphatic rings. The third kappa shape index (κ3) is 5.27. The summed E-state index contributed by atoms with van der Waals surface area (Å²) in [6.07, 6.45) is 2.78. The molecule has 4 rings (SSSR count). The normalized spacial score (nSPS) is 24.4. The molecule has 1 N–H and O–H groups in total. The van der Waals surface area contributed by atoms with Crippen molar-refractivity contribution in [1.82, 2.24) is 9.21 Å². The fourth-order valence-corrected chi connectivity index (χ4v) is 6.05. The fraction of sp³-hybridized carbons (Fsp3) is 0.667. The highest BCUT2D eigenvalue weighted by atomic mass is 32.2. The lowest BCUT2D eigenvalue weighted by Gasteiger charge is -2.37. The van der Waals surface area contributed by atoms with Gasteiger partial charge in [0.2, 0.25) is 15.9 Å². The summed E-state index contributed by atoms with van der Waals surface area (Å²) in [5, 5.41) is 2.87. The summed E-state index contributed by atoms with van der Waals surface area (Å²) in [5.74, 6) is -0.177. The monoisotopic (exact) mass is 453 g/mol. The molecule has 1 atom stereocenters. The molecular formula is C21H31N3O6S. The number of rotatable bonds is 6. The van der Waals surface area contributed by atoms with Crippen molar-refractivity contribution in [2.45, 2.75) is 43.4 Å². The molecule has 3 aliphatic heterocycles. The molecule has 1 aromatic carbocycles. The van der Waals surface area contributed by atoms with Crippen molar-refractivity contribution in [2.24, 2.45) is 0 Å². The molecule has 0 aliphatic carbocycles. The van der Waals surface area contributed by atoms with Crippen LogP contribution in [0, 0.1) is 6.92 Å². The Hall–Kier alpha value is -1.56. The number of anilines is 1. The third-order valence-corrected chi connectivity index (χ3v) is 8.07. The molecule has 9 nitrogen and oxygen atoms in total. The number of morpholine rings is 1. The van der Waals surface area contributed by atoms with Crippen LogP contribution in [0.2, 0.25) is 0 Å². The number of nitrogens with zero attached hydrogens (tertiary/aromatic N) is 2. The van der Waals surface area contributed by atoms with Gasteiger partial charge in [0.25, 0.3) is 0 Å². The van der Waals surface area contributed by atoms with Crippen LogP contribution in [0.3, 0.4) is 0 Å². The molecule has 1 aromatic rings. The Morgan fingerprint density at radius 1 is 1.10 bits per heavy atom. The fourth-order valence-electron chi connectivity index (χ4n) is 4.39. The first-order chi connectivity index (χ1) is 14.9. The predicted molar refractivity (Wildman–Crippen MR) is 114 cm³/mol. The van der Waals surface area contributed by atoms with Crippen LogP contribution in [0.25, 0.3) is 0 Å². The number of nitrogens with one attached hydrogen (secondary N) is 1. The second-order valence-corrected chi connectivity index (χ2v) is 10.1. The smallest absolute Gasteiger partial charge is 0.243 e. The van der Waals surface area contributed by atoms with Gasteiger partial charge in [-0.05, 0) is 44.0 Å². The molecule has 3 heterocycles. The number of likely N-dealkylation sites (tertiary alicyclic amines) is 1.